The van der Waals surface area contributed by atoms with Crippen LogP contribution in [0, 0.1) is 0 Å². The Balaban J connectivity index is 2.74. The number of hydrogen-bond acceptors (Lipinski definition) is 3. The predicted molar refractivity (Wildman–Crippen MR) is 59.6 cm³/mol. The first kappa shape index (κ1) is 12.8. The molecule has 0 spiro atoms. The normalized spacial score (nSPS) is 10.2. The third kappa shape index (κ3) is 3.70. The minimum absolute atomic E-state index is 0.00969. The second kappa shape index (κ2) is 7.06. The molecular formula is C12H17FO3. The van der Waals surface area contributed by atoms with Gasteiger partial charge in [-0.3, -0.25) is 0 Å². The van der Waals surface area contributed by atoms with Gasteiger partial charge < -0.3 is 14.6 Å². The van der Waals surface area contributed by atoms with E-state index in [0.29, 0.717) is 23.7 Å². The van der Waals surface area contributed by atoms with Crippen molar-refractivity contribution >= 4 is 0 Å². The van der Waals surface area contributed by atoms with Gasteiger partial charge in [0.05, 0.1) is 13.2 Å². The zero-order chi connectivity index (χ0) is 11.8. The van der Waals surface area contributed by atoms with Crippen molar-refractivity contribution in [3.63, 3.8) is 0 Å². The molecule has 1 rings (SSSR count). The van der Waals surface area contributed by atoms with E-state index in [0.717, 1.165) is 6.42 Å². The Morgan fingerprint density at radius 1 is 1.25 bits per heavy atom. The second-order valence-corrected chi connectivity index (χ2v) is 3.31. The topological polar surface area (TPSA) is 38.7 Å². The lowest BCUT2D eigenvalue weighted by molar-refractivity contribution is 0.246. The van der Waals surface area contributed by atoms with Crippen molar-refractivity contribution in [1.82, 2.24) is 0 Å². The molecule has 0 aliphatic carbocycles. The SMILES string of the molecule is CCCOc1ccc(CO)c(OCCF)c1. The Morgan fingerprint density at radius 3 is 2.69 bits per heavy atom. The number of alkyl halides is 1. The van der Waals surface area contributed by atoms with E-state index < -0.39 is 6.67 Å². The molecule has 0 aliphatic heterocycles. The van der Waals surface area contributed by atoms with E-state index in [1.807, 2.05) is 6.92 Å². The summed E-state index contributed by atoms with van der Waals surface area (Å²) >= 11 is 0. The highest BCUT2D eigenvalue weighted by Gasteiger charge is 2.05. The van der Waals surface area contributed by atoms with Crippen LogP contribution in [0.25, 0.3) is 0 Å². The summed E-state index contributed by atoms with van der Waals surface area (Å²) in [4.78, 5) is 0. The molecule has 0 radical (unpaired) electrons. The van der Waals surface area contributed by atoms with Gasteiger partial charge in [0.1, 0.15) is 24.8 Å². The molecule has 0 aliphatic rings. The fraction of sp³-hybridized carbons (Fsp3) is 0.500. The number of benzene rings is 1. The molecule has 0 atom stereocenters. The summed E-state index contributed by atoms with van der Waals surface area (Å²) in [5.41, 5.74) is 0.636. The summed E-state index contributed by atoms with van der Waals surface area (Å²) in [6, 6.07) is 5.17. The van der Waals surface area contributed by atoms with Crippen LogP contribution in [0.15, 0.2) is 18.2 Å². The van der Waals surface area contributed by atoms with E-state index in [9.17, 15) is 4.39 Å². The molecule has 0 saturated heterocycles. The minimum Gasteiger partial charge on any atom is -0.493 e. The van der Waals surface area contributed by atoms with Gasteiger partial charge in [-0.25, -0.2) is 4.39 Å². The number of ether oxygens (including phenoxy) is 2. The fourth-order valence-corrected chi connectivity index (χ4v) is 1.26. The molecule has 0 heterocycles. The Bertz CT molecular complexity index is 315. The Labute approximate surface area is 94.8 Å². The van der Waals surface area contributed by atoms with Crippen LogP contribution in [-0.2, 0) is 6.61 Å². The molecule has 1 aromatic carbocycles. The molecule has 16 heavy (non-hydrogen) atoms. The summed E-state index contributed by atoms with van der Waals surface area (Å²) in [6.45, 7) is 1.95. The lowest BCUT2D eigenvalue weighted by atomic mass is 10.2. The van der Waals surface area contributed by atoms with E-state index in [-0.39, 0.29) is 13.2 Å². The van der Waals surface area contributed by atoms with Crippen molar-refractivity contribution in [1.29, 1.82) is 0 Å². The number of aliphatic hydroxyl groups is 1. The van der Waals surface area contributed by atoms with Gasteiger partial charge in [0.25, 0.3) is 0 Å². The standard InChI is InChI=1S/C12H17FO3/c1-2-6-15-11-4-3-10(9-14)12(8-11)16-7-5-13/h3-4,8,14H,2,5-7,9H2,1H3. The second-order valence-electron chi connectivity index (χ2n) is 3.31. The third-order valence-corrected chi connectivity index (χ3v) is 2.02. The average Bonchev–Trinajstić information content (AvgIpc) is 2.33. The quantitative estimate of drug-likeness (QED) is 0.778. The van der Waals surface area contributed by atoms with Gasteiger partial charge in [0.15, 0.2) is 0 Å². The maximum Gasteiger partial charge on any atom is 0.128 e. The minimum atomic E-state index is -0.551. The van der Waals surface area contributed by atoms with Crippen LogP contribution < -0.4 is 9.47 Å². The number of hydrogen-bond donors (Lipinski definition) is 1. The monoisotopic (exact) mass is 228 g/mol. The van der Waals surface area contributed by atoms with E-state index >= 15 is 0 Å². The smallest absolute Gasteiger partial charge is 0.128 e. The molecule has 1 N–H and O–H groups in total. The summed E-state index contributed by atoms with van der Waals surface area (Å²) in [5, 5.41) is 9.07. The molecule has 90 valence electrons. The van der Waals surface area contributed by atoms with Crippen LogP contribution >= 0.6 is 0 Å². The Kier molecular flexibility index (Phi) is 5.64. The van der Waals surface area contributed by atoms with Gasteiger partial charge in [-0.2, -0.15) is 0 Å². The number of rotatable bonds is 7. The number of halogens is 1. The molecule has 1 aromatic rings. The van der Waals surface area contributed by atoms with Crippen LogP contribution in [0.5, 0.6) is 11.5 Å². The lowest BCUT2D eigenvalue weighted by Gasteiger charge is -2.11. The van der Waals surface area contributed by atoms with Gasteiger partial charge >= 0.3 is 0 Å². The van der Waals surface area contributed by atoms with Crippen LogP contribution in [-0.4, -0.2) is 25.0 Å². The van der Waals surface area contributed by atoms with E-state index in [4.69, 9.17) is 14.6 Å². The highest BCUT2D eigenvalue weighted by molar-refractivity contribution is 5.40. The van der Waals surface area contributed by atoms with Gasteiger partial charge in [0, 0.05) is 11.6 Å². The molecule has 0 amide bonds. The summed E-state index contributed by atoms with van der Waals surface area (Å²) < 4.78 is 22.6. The Hall–Kier alpha value is -1.29. The van der Waals surface area contributed by atoms with E-state index in [2.05, 4.69) is 0 Å². The summed E-state index contributed by atoms with van der Waals surface area (Å²) in [6.07, 6.45) is 0.919. The van der Waals surface area contributed by atoms with Crippen LogP contribution in [0.3, 0.4) is 0 Å². The molecule has 4 heteroatoms. The van der Waals surface area contributed by atoms with Crippen molar-refractivity contribution in [2.45, 2.75) is 20.0 Å². The zero-order valence-electron chi connectivity index (χ0n) is 9.41. The molecule has 0 aromatic heterocycles. The molecule has 0 fully saturated rings. The maximum atomic E-state index is 12.0. The first-order chi connectivity index (χ1) is 7.81. The first-order valence-corrected chi connectivity index (χ1v) is 5.37. The summed E-state index contributed by atoms with van der Waals surface area (Å²) in [5.74, 6) is 1.15. The van der Waals surface area contributed by atoms with Crippen molar-refractivity contribution < 1.29 is 19.0 Å². The molecule has 0 bridgehead atoms. The highest BCUT2D eigenvalue weighted by atomic mass is 19.1. The van der Waals surface area contributed by atoms with Gasteiger partial charge in [-0.05, 0) is 18.6 Å². The van der Waals surface area contributed by atoms with Crippen molar-refractivity contribution in [3.8, 4) is 11.5 Å². The Morgan fingerprint density at radius 2 is 2.06 bits per heavy atom. The van der Waals surface area contributed by atoms with Crippen molar-refractivity contribution in [2.75, 3.05) is 19.9 Å². The molecule has 0 unspecified atom stereocenters. The third-order valence-electron chi connectivity index (χ3n) is 2.02. The average molecular weight is 228 g/mol. The van der Waals surface area contributed by atoms with Crippen LogP contribution in [0.4, 0.5) is 4.39 Å². The predicted octanol–water partition coefficient (Wildman–Crippen LogP) is 2.32. The largest absolute Gasteiger partial charge is 0.493 e. The van der Waals surface area contributed by atoms with Crippen molar-refractivity contribution in [2.24, 2.45) is 0 Å². The number of aliphatic hydroxyl groups excluding tert-OH is 1. The van der Waals surface area contributed by atoms with E-state index in [1.165, 1.54) is 0 Å². The fourth-order valence-electron chi connectivity index (χ4n) is 1.26. The zero-order valence-corrected chi connectivity index (χ0v) is 9.41. The molecule has 0 saturated carbocycles. The van der Waals surface area contributed by atoms with Gasteiger partial charge in [0.2, 0.25) is 0 Å². The van der Waals surface area contributed by atoms with Gasteiger partial charge in [-0.15, -0.1) is 0 Å². The van der Waals surface area contributed by atoms with E-state index in [1.54, 1.807) is 18.2 Å². The van der Waals surface area contributed by atoms with Gasteiger partial charge in [-0.1, -0.05) is 6.92 Å². The molecular weight excluding hydrogens is 211 g/mol. The maximum absolute atomic E-state index is 12.0. The van der Waals surface area contributed by atoms with Crippen LogP contribution in [0.2, 0.25) is 0 Å². The first-order valence-electron chi connectivity index (χ1n) is 5.37. The molecule has 3 nitrogen and oxygen atoms in total. The highest BCUT2D eigenvalue weighted by Crippen LogP contribution is 2.25. The van der Waals surface area contributed by atoms with Crippen molar-refractivity contribution in [3.05, 3.63) is 23.8 Å². The lowest BCUT2D eigenvalue weighted by Crippen LogP contribution is -2.03. The summed E-state index contributed by atoms with van der Waals surface area (Å²) in [7, 11) is 0. The van der Waals surface area contributed by atoms with Crippen LogP contribution in [0.1, 0.15) is 18.9 Å².